The number of aryl methyl sites for hydroxylation is 1. The van der Waals surface area contributed by atoms with E-state index in [1.54, 1.807) is 12.4 Å². The van der Waals surface area contributed by atoms with Crippen molar-refractivity contribution in [2.45, 2.75) is 33.2 Å². The van der Waals surface area contributed by atoms with Crippen molar-refractivity contribution in [3.05, 3.63) is 77.1 Å². The predicted molar refractivity (Wildman–Crippen MR) is 108 cm³/mol. The zero-order valence-corrected chi connectivity index (χ0v) is 15.7. The molecule has 0 aliphatic carbocycles. The van der Waals surface area contributed by atoms with Crippen molar-refractivity contribution in [1.82, 2.24) is 9.97 Å². The zero-order valence-electron chi connectivity index (χ0n) is 15.7. The Morgan fingerprint density at radius 3 is 2.59 bits per heavy atom. The highest BCUT2D eigenvalue weighted by Crippen LogP contribution is 2.36. The molecule has 2 aromatic carbocycles. The highest BCUT2D eigenvalue weighted by atomic mass is 16.1. The monoisotopic (exact) mass is 358 g/mol. The molecule has 3 aromatic rings. The lowest BCUT2D eigenvalue weighted by Crippen LogP contribution is -2.26. The summed E-state index contributed by atoms with van der Waals surface area (Å²) in [6.07, 6.45) is 4.15. The SMILES string of the molecule is Cc1cccc(NC(=O)c2cnc(N3c4ccccc4CC3C)nc2)c1C. The van der Waals surface area contributed by atoms with Crippen LogP contribution in [0.3, 0.4) is 0 Å². The van der Waals surface area contributed by atoms with Gasteiger partial charge >= 0.3 is 0 Å². The fourth-order valence-corrected chi connectivity index (χ4v) is 3.51. The summed E-state index contributed by atoms with van der Waals surface area (Å²) in [5.74, 6) is 0.417. The Morgan fingerprint density at radius 1 is 1.07 bits per heavy atom. The van der Waals surface area contributed by atoms with Crippen molar-refractivity contribution in [2.24, 2.45) is 0 Å². The second-order valence-electron chi connectivity index (χ2n) is 7.03. The van der Waals surface area contributed by atoms with Gasteiger partial charge in [0, 0.05) is 29.8 Å². The molecule has 136 valence electrons. The summed E-state index contributed by atoms with van der Waals surface area (Å²) in [6, 6.07) is 14.4. The standard InChI is InChI=1S/C22H22N4O/c1-14-7-6-9-19(16(14)3)25-21(27)18-12-23-22(24-13-18)26-15(2)11-17-8-4-5-10-20(17)26/h4-10,12-13,15H,11H2,1-3H3,(H,25,27). The Hall–Kier alpha value is -3.21. The van der Waals surface area contributed by atoms with E-state index < -0.39 is 0 Å². The van der Waals surface area contributed by atoms with Crippen LogP contribution in [0.4, 0.5) is 17.3 Å². The first-order valence-electron chi connectivity index (χ1n) is 9.11. The maximum atomic E-state index is 12.6. The number of hydrogen-bond acceptors (Lipinski definition) is 4. The van der Waals surface area contributed by atoms with E-state index >= 15 is 0 Å². The first-order chi connectivity index (χ1) is 13.0. The number of hydrogen-bond donors (Lipinski definition) is 1. The van der Waals surface area contributed by atoms with Gasteiger partial charge in [-0.25, -0.2) is 9.97 Å². The van der Waals surface area contributed by atoms with Crippen LogP contribution < -0.4 is 10.2 Å². The molecule has 1 N–H and O–H groups in total. The Bertz CT molecular complexity index is 997. The minimum Gasteiger partial charge on any atom is -0.322 e. The van der Waals surface area contributed by atoms with Crippen LogP contribution in [0.25, 0.3) is 0 Å². The molecule has 0 bridgehead atoms. The first-order valence-corrected chi connectivity index (χ1v) is 9.11. The summed E-state index contributed by atoms with van der Waals surface area (Å²) in [5.41, 5.74) is 5.89. The summed E-state index contributed by atoms with van der Waals surface area (Å²) in [4.78, 5) is 23.6. The molecule has 1 atom stereocenters. The molecule has 27 heavy (non-hydrogen) atoms. The molecule has 1 unspecified atom stereocenters. The number of aromatic nitrogens is 2. The molecule has 0 saturated heterocycles. The quantitative estimate of drug-likeness (QED) is 0.752. The molecule has 0 spiro atoms. The van der Waals surface area contributed by atoms with E-state index in [1.165, 1.54) is 5.56 Å². The highest BCUT2D eigenvalue weighted by molar-refractivity contribution is 6.04. The van der Waals surface area contributed by atoms with E-state index in [0.29, 0.717) is 11.5 Å². The molecule has 4 rings (SSSR count). The minimum absolute atomic E-state index is 0.204. The van der Waals surface area contributed by atoms with Gasteiger partial charge in [-0.15, -0.1) is 0 Å². The van der Waals surface area contributed by atoms with Crippen molar-refractivity contribution in [3.8, 4) is 0 Å². The van der Waals surface area contributed by atoms with E-state index in [0.717, 1.165) is 28.9 Å². The van der Waals surface area contributed by atoms with Gasteiger partial charge in [0.25, 0.3) is 5.91 Å². The topological polar surface area (TPSA) is 58.1 Å². The number of benzene rings is 2. The van der Waals surface area contributed by atoms with E-state index in [2.05, 4.69) is 45.3 Å². The zero-order chi connectivity index (χ0) is 19.0. The van der Waals surface area contributed by atoms with E-state index in [9.17, 15) is 4.79 Å². The van der Waals surface area contributed by atoms with Crippen molar-refractivity contribution in [3.63, 3.8) is 0 Å². The van der Waals surface area contributed by atoms with Crippen LogP contribution in [-0.4, -0.2) is 21.9 Å². The number of amides is 1. The maximum Gasteiger partial charge on any atom is 0.258 e. The van der Waals surface area contributed by atoms with Gasteiger partial charge in [-0.05, 0) is 56.0 Å². The third kappa shape index (κ3) is 3.16. The van der Waals surface area contributed by atoms with Crippen LogP contribution in [-0.2, 0) is 6.42 Å². The second kappa shape index (κ2) is 6.83. The Morgan fingerprint density at radius 2 is 1.81 bits per heavy atom. The average molecular weight is 358 g/mol. The number of rotatable bonds is 3. The van der Waals surface area contributed by atoms with Gasteiger partial charge in [-0.2, -0.15) is 0 Å². The summed E-state index contributed by atoms with van der Waals surface area (Å²) >= 11 is 0. The fraction of sp³-hybridized carbons (Fsp3) is 0.227. The third-order valence-corrected chi connectivity index (χ3v) is 5.18. The fourth-order valence-electron chi connectivity index (χ4n) is 3.51. The van der Waals surface area contributed by atoms with Gasteiger partial charge in [0.05, 0.1) is 5.56 Å². The molecule has 5 heteroatoms. The molecule has 1 aliphatic heterocycles. The highest BCUT2D eigenvalue weighted by Gasteiger charge is 2.28. The van der Waals surface area contributed by atoms with Crippen molar-refractivity contribution < 1.29 is 4.79 Å². The minimum atomic E-state index is -0.204. The summed E-state index contributed by atoms with van der Waals surface area (Å²) in [7, 11) is 0. The average Bonchev–Trinajstić information content (AvgIpc) is 3.01. The van der Waals surface area contributed by atoms with Gasteiger partial charge in [0.1, 0.15) is 0 Å². The van der Waals surface area contributed by atoms with Gasteiger partial charge < -0.3 is 10.2 Å². The Kier molecular flexibility index (Phi) is 4.36. The summed E-state index contributed by atoms with van der Waals surface area (Å²) < 4.78 is 0. The van der Waals surface area contributed by atoms with Gasteiger partial charge in [0.15, 0.2) is 0 Å². The van der Waals surface area contributed by atoms with Gasteiger partial charge in [-0.3, -0.25) is 4.79 Å². The molecule has 0 fully saturated rings. The lowest BCUT2D eigenvalue weighted by Gasteiger charge is -2.22. The lowest BCUT2D eigenvalue weighted by molar-refractivity contribution is 0.102. The van der Waals surface area contributed by atoms with Crippen molar-refractivity contribution >= 4 is 23.2 Å². The first kappa shape index (κ1) is 17.2. The summed E-state index contributed by atoms with van der Waals surface area (Å²) in [6.45, 7) is 6.18. The third-order valence-electron chi connectivity index (χ3n) is 5.18. The number of para-hydroxylation sites is 1. The number of anilines is 3. The molecule has 1 amide bonds. The van der Waals surface area contributed by atoms with Crippen LogP contribution in [0.15, 0.2) is 54.9 Å². The smallest absolute Gasteiger partial charge is 0.258 e. The van der Waals surface area contributed by atoms with Crippen LogP contribution in [0.5, 0.6) is 0 Å². The van der Waals surface area contributed by atoms with Gasteiger partial charge in [-0.1, -0.05) is 30.3 Å². The molecular weight excluding hydrogens is 336 g/mol. The Balaban J connectivity index is 1.56. The number of nitrogens with one attached hydrogen (secondary N) is 1. The van der Waals surface area contributed by atoms with Crippen LogP contribution in [0.2, 0.25) is 0 Å². The second-order valence-corrected chi connectivity index (χ2v) is 7.03. The predicted octanol–water partition coefficient (Wildman–Crippen LogP) is 4.43. The normalized spacial score (nSPS) is 15.5. The Labute approximate surface area is 159 Å². The number of carbonyl (C=O) groups excluding carboxylic acids is 1. The summed E-state index contributed by atoms with van der Waals surface area (Å²) in [5, 5.41) is 2.95. The molecule has 0 radical (unpaired) electrons. The number of fused-ring (bicyclic) bond motifs is 1. The largest absolute Gasteiger partial charge is 0.322 e. The molecule has 2 heterocycles. The van der Waals surface area contributed by atoms with Crippen molar-refractivity contribution in [1.29, 1.82) is 0 Å². The van der Waals surface area contributed by atoms with Gasteiger partial charge in [0.2, 0.25) is 5.95 Å². The lowest BCUT2D eigenvalue weighted by atomic mass is 10.1. The number of nitrogens with zero attached hydrogens (tertiary/aromatic N) is 3. The molecule has 5 nitrogen and oxygen atoms in total. The maximum absolute atomic E-state index is 12.6. The molecule has 0 saturated carbocycles. The molecule has 1 aromatic heterocycles. The van der Waals surface area contributed by atoms with E-state index in [1.807, 2.05) is 38.1 Å². The van der Waals surface area contributed by atoms with Crippen LogP contribution >= 0.6 is 0 Å². The number of carbonyl (C=O) groups is 1. The van der Waals surface area contributed by atoms with Crippen molar-refractivity contribution in [2.75, 3.05) is 10.2 Å². The van der Waals surface area contributed by atoms with E-state index in [4.69, 9.17) is 0 Å². The molecular formula is C22H22N4O. The van der Waals surface area contributed by atoms with Crippen LogP contribution in [0.1, 0.15) is 34.0 Å². The van der Waals surface area contributed by atoms with Crippen LogP contribution in [0, 0.1) is 13.8 Å². The molecule has 1 aliphatic rings. The van der Waals surface area contributed by atoms with E-state index in [-0.39, 0.29) is 11.9 Å².